The average Bonchev–Trinajstić information content (AvgIpc) is 2.82. The van der Waals surface area contributed by atoms with E-state index in [1.165, 1.54) is 12.1 Å². The van der Waals surface area contributed by atoms with Gasteiger partial charge in [0.1, 0.15) is 0 Å². The third-order valence-corrected chi connectivity index (χ3v) is 4.44. The molecule has 3 nitrogen and oxygen atoms in total. The highest BCUT2D eigenvalue weighted by Gasteiger charge is 2.61. The lowest BCUT2D eigenvalue weighted by atomic mass is 9.85. The number of carbonyl (C=O) groups is 1. The van der Waals surface area contributed by atoms with Gasteiger partial charge in [-0.25, -0.2) is 0 Å². The molecule has 1 atom stereocenters. The Kier molecular flexibility index (Phi) is 4.50. The molecule has 2 rings (SSSR count). The zero-order chi connectivity index (χ0) is 15.0. The second-order valence-corrected chi connectivity index (χ2v) is 6.18. The quantitative estimate of drug-likeness (QED) is 0.723. The maximum absolute atomic E-state index is 13.2. The Morgan fingerprint density at radius 1 is 1.45 bits per heavy atom. The zero-order valence-electron chi connectivity index (χ0n) is 10.2. The van der Waals surface area contributed by atoms with E-state index in [1.54, 1.807) is 6.07 Å². The Balaban J connectivity index is 2.26. The molecule has 0 bridgehead atoms. The average molecular weight is 419 g/mol. The maximum atomic E-state index is 13.2. The van der Waals surface area contributed by atoms with Crippen molar-refractivity contribution in [2.75, 3.05) is 18.4 Å². The van der Waals surface area contributed by atoms with Crippen LogP contribution in [0.3, 0.4) is 0 Å². The van der Waals surface area contributed by atoms with Crippen molar-refractivity contribution >= 4 is 45.8 Å². The summed E-state index contributed by atoms with van der Waals surface area (Å²) in [6.07, 6.45) is -4.84. The minimum absolute atomic E-state index is 0.171. The number of alkyl halides is 3. The van der Waals surface area contributed by atoms with Gasteiger partial charge < -0.3 is 10.6 Å². The van der Waals surface area contributed by atoms with Gasteiger partial charge in [-0.3, -0.25) is 4.79 Å². The molecule has 8 heteroatoms. The van der Waals surface area contributed by atoms with Crippen molar-refractivity contribution in [3.8, 4) is 0 Å². The smallest absolute Gasteiger partial charge is 0.324 e. The molecule has 1 aromatic carbocycles. The topological polar surface area (TPSA) is 41.1 Å². The van der Waals surface area contributed by atoms with E-state index in [0.29, 0.717) is 14.3 Å². The molecule has 1 saturated heterocycles. The predicted octanol–water partition coefficient (Wildman–Crippen LogP) is 3.43. The van der Waals surface area contributed by atoms with Crippen LogP contribution in [0.1, 0.15) is 6.42 Å². The normalized spacial score (nSPS) is 22.9. The molecule has 1 unspecified atom stereocenters. The Bertz CT molecular complexity index is 530. The Morgan fingerprint density at radius 2 is 2.15 bits per heavy atom. The van der Waals surface area contributed by atoms with Gasteiger partial charge in [0.05, 0.1) is 5.69 Å². The summed E-state index contributed by atoms with van der Waals surface area (Å²) in [4.78, 5) is 12.1. The first-order chi connectivity index (χ1) is 9.26. The van der Waals surface area contributed by atoms with Gasteiger partial charge in [-0.2, -0.15) is 13.2 Å². The lowest BCUT2D eigenvalue weighted by Gasteiger charge is -2.29. The molecule has 1 aliphatic rings. The van der Waals surface area contributed by atoms with Crippen LogP contribution < -0.4 is 10.6 Å². The highest BCUT2D eigenvalue weighted by molar-refractivity contribution is 14.1. The maximum Gasteiger partial charge on any atom is 0.404 e. The molecule has 1 amide bonds. The van der Waals surface area contributed by atoms with E-state index in [-0.39, 0.29) is 13.0 Å². The minimum atomic E-state index is -4.58. The van der Waals surface area contributed by atoms with Crippen molar-refractivity contribution in [3.05, 3.63) is 26.8 Å². The largest absolute Gasteiger partial charge is 0.404 e. The standard InChI is InChI=1S/C12H11ClF3IN2O/c13-7-1-2-9(8(17)5-7)19-10(20)11(12(14,15)16)3-4-18-6-11/h1-2,5,18H,3-4,6H2,(H,19,20). The van der Waals surface area contributed by atoms with Crippen LogP contribution in [0.5, 0.6) is 0 Å². The molecule has 0 spiro atoms. The first-order valence-electron chi connectivity index (χ1n) is 5.80. The number of anilines is 1. The Hall–Kier alpha value is -0.540. The molecule has 1 heterocycles. The van der Waals surface area contributed by atoms with E-state index in [1.807, 2.05) is 22.6 Å². The van der Waals surface area contributed by atoms with Crippen LogP contribution >= 0.6 is 34.2 Å². The molecule has 0 saturated carbocycles. The summed E-state index contributed by atoms with van der Waals surface area (Å²) in [7, 11) is 0. The summed E-state index contributed by atoms with van der Waals surface area (Å²) < 4.78 is 40.2. The fourth-order valence-electron chi connectivity index (χ4n) is 2.09. The van der Waals surface area contributed by atoms with Crippen LogP contribution in [0, 0.1) is 8.99 Å². The molecule has 1 fully saturated rings. The first-order valence-corrected chi connectivity index (χ1v) is 7.26. The monoisotopic (exact) mass is 418 g/mol. The molecule has 1 aliphatic heterocycles. The lowest BCUT2D eigenvalue weighted by Crippen LogP contribution is -2.49. The van der Waals surface area contributed by atoms with Crippen molar-refractivity contribution in [2.45, 2.75) is 12.6 Å². The number of benzene rings is 1. The van der Waals surface area contributed by atoms with Gasteiger partial charge in [0.2, 0.25) is 5.91 Å². The summed E-state index contributed by atoms with van der Waals surface area (Å²) >= 11 is 7.69. The third kappa shape index (κ3) is 2.89. The van der Waals surface area contributed by atoms with Gasteiger partial charge in [-0.15, -0.1) is 0 Å². The lowest BCUT2D eigenvalue weighted by molar-refractivity contribution is -0.213. The van der Waals surface area contributed by atoms with Crippen LogP contribution in [-0.4, -0.2) is 25.2 Å². The molecular weight excluding hydrogens is 407 g/mol. The highest BCUT2D eigenvalue weighted by Crippen LogP contribution is 2.44. The summed E-state index contributed by atoms with van der Waals surface area (Å²) in [5.74, 6) is -1.03. The SMILES string of the molecule is O=C(Nc1ccc(Cl)cc1I)C1(C(F)(F)F)CCNC1. The van der Waals surface area contributed by atoms with E-state index >= 15 is 0 Å². The number of halogens is 5. The molecule has 0 aliphatic carbocycles. The molecule has 0 radical (unpaired) electrons. The predicted molar refractivity (Wildman–Crippen MR) is 78.8 cm³/mol. The van der Waals surface area contributed by atoms with Gasteiger partial charge in [0.25, 0.3) is 0 Å². The zero-order valence-corrected chi connectivity index (χ0v) is 13.1. The summed E-state index contributed by atoms with van der Waals surface area (Å²) in [6, 6.07) is 4.59. The fraction of sp³-hybridized carbons (Fsp3) is 0.417. The van der Waals surface area contributed by atoms with E-state index in [0.717, 1.165) is 0 Å². The van der Waals surface area contributed by atoms with E-state index in [9.17, 15) is 18.0 Å². The van der Waals surface area contributed by atoms with Crippen LogP contribution in [0.2, 0.25) is 5.02 Å². The van der Waals surface area contributed by atoms with Gasteiger partial charge in [0, 0.05) is 15.1 Å². The van der Waals surface area contributed by atoms with Crippen LogP contribution in [-0.2, 0) is 4.79 Å². The minimum Gasteiger partial charge on any atom is -0.324 e. The van der Waals surface area contributed by atoms with Gasteiger partial charge in [-0.1, -0.05) is 11.6 Å². The van der Waals surface area contributed by atoms with E-state index in [2.05, 4.69) is 10.6 Å². The highest BCUT2D eigenvalue weighted by atomic mass is 127. The van der Waals surface area contributed by atoms with Crippen molar-refractivity contribution in [3.63, 3.8) is 0 Å². The van der Waals surface area contributed by atoms with Crippen LogP contribution in [0.4, 0.5) is 18.9 Å². The Morgan fingerprint density at radius 3 is 2.65 bits per heavy atom. The van der Waals surface area contributed by atoms with Crippen molar-refractivity contribution in [1.82, 2.24) is 5.32 Å². The molecular formula is C12H11ClF3IN2O. The van der Waals surface area contributed by atoms with Gasteiger partial charge in [0.15, 0.2) is 5.41 Å². The number of hydrogen-bond donors (Lipinski definition) is 2. The summed E-state index contributed by atoms with van der Waals surface area (Å²) in [5, 5.41) is 5.43. The number of carbonyl (C=O) groups excluding carboxylic acids is 1. The van der Waals surface area contributed by atoms with E-state index < -0.39 is 24.0 Å². The first kappa shape index (κ1) is 15.8. The molecule has 110 valence electrons. The number of rotatable bonds is 2. The van der Waals surface area contributed by atoms with Crippen molar-refractivity contribution in [1.29, 1.82) is 0 Å². The number of nitrogens with one attached hydrogen (secondary N) is 2. The third-order valence-electron chi connectivity index (χ3n) is 3.31. The van der Waals surface area contributed by atoms with Gasteiger partial charge in [-0.05, 0) is 53.8 Å². The summed E-state index contributed by atoms with van der Waals surface area (Å²) in [6.45, 7) is -0.225. The number of hydrogen-bond acceptors (Lipinski definition) is 2. The Labute approximate surface area is 132 Å². The second-order valence-electron chi connectivity index (χ2n) is 4.58. The van der Waals surface area contributed by atoms with Crippen LogP contribution in [0.25, 0.3) is 0 Å². The van der Waals surface area contributed by atoms with Crippen molar-refractivity contribution in [2.24, 2.45) is 5.41 Å². The van der Waals surface area contributed by atoms with Crippen LogP contribution in [0.15, 0.2) is 18.2 Å². The summed E-state index contributed by atoms with van der Waals surface area (Å²) in [5.41, 5.74) is -2.04. The number of amides is 1. The molecule has 1 aromatic rings. The molecule has 2 N–H and O–H groups in total. The van der Waals surface area contributed by atoms with Gasteiger partial charge >= 0.3 is 6.18 Å². The molecule has 0 aromatic heterocycles. The molecule has 20 heavy (non-hydrogen) atoms. The van der Waals surface area contributed by atoms with E-state index in [4.69, 9.17) is 11.6 Å². The second kappa shape index (κ2) is 5.69. The van der Waals surface area contributed by atoms with Crippen molar-refractivity contribution < 1.29 is 18.0 Å². The fourth-order valence-corrected chi connectivity index (χ4v) is 3.10.